The van der Waals surface area contributed by atoms with Crippen LogP contribution in [-0.4, -0.2) is 26.5 Å². The molecule has 1 rings (SSSR count). The maximum absolute atomic E-state index is 11.7. The molecule has 0 unspecified atom stereocenters. The van der Waals surface area contributed by atoms with Gasteiger partial charge in [-0.2, -0.15) is 5.26 Å². The number of nitrogens with zero attached hydrogens (tertiary/aromatic N) is 1. The normalized spacial score (nSPS) is 11.3. The van der Waals surface area contributed by atoms with Crippen LogP contribution in [0.5, 0.6) is 5.75 Å². The lowest BCUT2D eigenvalue weighted by atomic mass is 10.2. The third-order valence-corrected chi connectivity index (χ3v) is 4.63. The van der Waals surface area contributed by atoms with Crippen LogP contribution >= 0.6 is 0 Å². The smallest absolute Gasteiger partial charge is 0.150 e. The van der Waals surface area contributed by atoms with Gasteiger partial charge in [-0.1, -0.05) is 13.8 Å². The van der Waals surface area contributed by atoms with E-state index >= 15 is 0 Å². The largest absolute Gasteiger partial charge is 0.494 e. The predicted molar refractivity (Wildman–Crippen MR) is 79.4 cm³/mol. The maximum atomic E-state index is 11.7. The van der Waals surface area contributed by atoms with Gasteiger partial charge in [-0.05, 0) is 43.0 Å². The second kappa shape index (κ2) is 7.91. The molecule has 5 heteroatoms. The molecule has 0 radical (unpaired) electrons. The summed E-state index contributed by atoms with van der Waals surface area (Å²) in [6, 6.07) is 8.81. The standard InChI is InChI=1S/C15H21NO3S/c1-13(2)8-11-20(17,18)10-3-9-19-15-6-4-14(12-16)5-7-15/h4-7,13H,3,8-11H2,1-2H3. The number of ether oxygens (including phenoxy) is 1. The van der Waals surface area contributed by atoms with Crippen molar-refractivity contribution in [1.82, 2.24) is 0 Å². The Morgan fingerprint density at radius 2 is 1.85 bits per heavy atom. The fourth-order valence-electron chi connectivity index (χ4n) is 1.61. The summed E-state index contributed by atoms with van der Waals surface area (Å²) < 4.78 is 28.9. The predicted octanol–water partition coefficient (Wildman–Crippen LogP) is 2.79. The van der Waals surface area contributed by atoms with Crippen molar-refractivity contribution in [2.75, 3.05) is 18.1 Å². The first kappa shape index (κ1) is 16.5. The van der Waals surface area contributed by atoms with E-state index in [1.165, 1.54) is 0 Å². The van der Waals surface area contributed by atoms with Crippen LogP contribution in [0.15, 0.2) is 24.3 Å². The van der Waals surface area contributed by atoms with Gasteiger partial charge in [0.1, 0.15) is 15.6 Å². The molecule has 20 heavy (non-hydrogen) atoms. The van der Waals surface area contributed by atoms with E-state index in [2.05, 4.69) is 0 Å². The molecule has 0 fully saturated rings. The molecule has 0 bridgehead atoms. The molecule has 0 saturated carbocycles. The van der Waals surface area contributed by atoms with Gasteiger partial charge < -0.3 is 4.74 Å². The van der Waals surface area contributed by atoms with Crippen molar-refractivity contribution in [1.29, 1.82) is 5.26 Å². The number of nitriles is 1. The molecule has 1 aromatic rings. The van der Waals surface area contributed by atoms with E-state index in [4.69, 9.17) is 10.00 Å². The summed E-state index contributed by atoms with van der Waals surface area (Å²) in [5, 5.41) is 8.66. The highest BCUT2D eigenvalue weighted by molar-refractivity contribution is 7.91. The molecular formula is C15H21NO3S. The Bertz CT molecular complexity index is 541. The van der Waals surface area contributed by atoms with Crippen LogP contribution in [0.4, 0.5) is 0 Å². The second-order valence-electron chi connectivity index (χ2n) is 5.17. The highest BCUT2D eigenvalue weighted by atomic mass is 32.2. The van der Waals surface area contributed by atoms with Gasteiger partial charge in [-0.25, -0.2) is 8.42 Å². The van der Waals surface area contributed by atoms with E-state index in [1.54, 1.807) is 24.3 Å². The fourth-order valence-corrected chi connectivity index (χ4v) is 3.20. The van der Waals surface area contributed by atoms with Crippen molar-refractivity contribution in [3.63, 3.8) is 0 Å². The van der Waals surface area contributed by atoms with Gasteiger partial charge in [0.05, 0.1) is 29.7 Å². The summed E-state index contributed by atoms with van der Waals surface area (Å²) in [4.78, 5) is 0. The summed E-state index contributed by atoms with van der Waals surface area (Å²) >= 11 is 0. The van der Waals surface area contributed by atoms with E-state index in [9.17, 15) is 8.42 Å². The minimum atomic E-state index is -2.96. The van der Waals surface area contributed by atoms with Crippen molar-refractivity contribution in [3.8, 4) is 11.8 Å². The molecule has 0 amide bonds. The van der Waals surface area contributed by atoms with Crippen molar-refractivity contribution in [3.05, 3.63) is 29.8 Å². The highest BCUT2D eigenvalue weighted by Gasteiger charge is 2.11. The number of rotatable bonds is 8. The van der Waals surface area contributed by atoms with Crippen LogP contribution < -0.4 is 4.74 Å². The molecule has 0 aliphatic heterocycles. The summed E-state index contributed by atoms with van der Waals surface area (Å²) in [6.07, 6.45) is 1.19. The van der Waals surface area contributed by atoms with E-state index in [-0.39, 0.29) is 11.5 Å². The third kappa shape index (κ3) is 6.58. The Labute approximate surface area is 121 Å². The van der Waals surface area contributed by atoms with Crippen LogP contribution in [-0.2, 0) is 9.84 Å². The Balaban J connectivity index is 2.29. The zero-order chi connectivity index (χ0) is 15.0. The van der Waals surface area contributed by atoms with Gasteiger partial charge in [0.2, 0.25) is 0 Å². The molecule has 0 atom stereocenters. The molecule has 4 nitrogen and oxygen atoms in total. The Kier molecular flexibility index (Phi) is 6.53. The lowest BCUT2D eigenvalue weighted by Gasteiger charge is -2.08. The first-order valence-electron chi connectivity index (χ1n) is 6.76. The molecule has 0 aliphatic carbocycles. The Hall–Kier alpha value is -1.54. The minimum absolute atomic E-state index is 0.163. The van der Waals surface area contributed by atoms with Gasteiger partial charge in [-0.15, -0.1) is 0 Å². The van der Waals surface area contributed by atoms with Gasteiger partial charge in [-0.3, -0.25) is 0 Å². The topological polar surface area (TPSA) is 67.2 Å². The summed E-state index contributed by atoms with van der Waals surface area (Å²) in [7, 11) is -2.96. The number of sulfone groups is 1. The molecule has 0 saturated heterocycles. The lowest BCUT2D eigenvalue weighted by molar-refractivity contribution is 0.317. The second-order valence-corrected chi connectivity index (χ2v) is 7.48. The van der Waals surface area contributed by atoms with Crippen LogP contribution in [0.1, 0.15) is 32.3 Å². The van der Waals surface area contributed by atoms with Crippen LogP contribution in [0.3, 0.4) is 0 Å². The van der Waals surface area contributed by atoms with E-state index in [0.29, 0.717) is 36.7 Å². The summed E-state index contributed by atoms with van der Waals surface area (Å²) in [5.41, 5.74) is 0.577. The average Bonchev–Trinajstić information content (AvgIpc) is 2.42. The van der Waals surface area contributed by atoms with Crippen molar-refractivity contribution in [2.24, 2.45) is 5.92 Å². The highest BCUT2D eigenvalue weighted by Crippen LogP contribution is 2.12. The van der Waals surface area contributed by atoms with Gasteiger partial charge in [0, 0.05) is 0 Å². The van der Waals surface area contributed by atoms with Crippen molar-refractivity contribution >= 4 is 9.84 Å². The first-order chi connectivity index (χ1) is 9.43. The zero-order valence-electron chi connectivity index (χ0n) is 12.0. The maximum Gasteiger partial charge on any atom is 0.150 e. The lowest BCUT2D eigenvalue weighted by Crippen LogP contribution is -2.15. The third-order valence-electron chi connectivity index (χ3n) is 2.86. The summed E-state index contributed by atoms with van der Waals surface area (Å²) in [6.45, 7) is 4.40. The number of hydrogen-bond acceptors (Lipinski definition) is 4. The molecule has 0 aromatic heterocycles. The molecule has 110 valence electrons. The summed E-state index contributed by atoms with van der Waals surface area (Å²) in [5.74, 6) is 1.47. The van der Waals surface area contributed by atoms with Crippen LogP contribution in [0.25, 0.3) is 0 Å². The molecule has 0 aliphatic rings. The molecular weight excluding hydrogens is 274 g/mol. The quantitative estimate of drug-likeness (QED) is 0.692. The van der Waals surface area contributed by atoms with Gasteiger partial charge in [0.15, 0.2) is 0 Å². The number of hydrogen-bond donors (Lipinski definition) is 0. The zero-order valence-corrected chi connectivity index (χ0v) is 12.8. The van der Waals surface area contributed by atoms with Crippen molar-refractivity contribution < 1.29 is 13.2 Å². The van der Waals surface area contributed by atoms with Gasteiger partial charge >= 0.3 is 0 Å². The van der Waals surface area contributed by atoms with E-state index in [0.717, 1.165) is 0 Å². The van der Waals surface area contributed by atoms with Crippen LogP contribution in [0.2, 0.25) is 0 Å². The molecule has 0 heterocycles. The molecule has 0 spiro atoms. The minimum Gasteiger partial charge on any atom is -0.494 e. The van der Waals surface area contributed by atoms with Crippen molar-refractivity contribution in [2.45, 2.75) is 26.7 Å². The van der Waals surface area contributed by atoms with E-state index < -0.39 is 9.84 Å². The monoisotopic (exact) mass is 295 g/mol. The van der Waals surface area contributed by atoms with Gasteiger partial charge in [0.25, 0.3) is 0 Å². The Morgan fingerprint density at radius 1 is 1.20 bits per heavy atom. The van der Waals surface area contributed by atoms with Crippen LogP contribution in [0, 0.1) is 17.2 Å². The molecule has 1 aromatic carbocycles. The Morgan fingerprint density at radius 3 is 2.40 bits per heavy atom. The molecule has 0 N–H and O–H groups in total. The fraction of sp³-hybridized carbons (Fsp3) is 0.533. The average molecular weight is 295 g/mol. The van der Waals surface area contributed by atoms with E-state index in [1.807, 2.05) is 19.9 Å². The SMILES string of the molecule is CC(C)CCS(=O)(=O)CCCOc1ccc(C#N)cc1. The number of benzene rings is 1. The first-order valence-corrected chi connectivity index (χ1v) is 8.58.